The maximum absolute atomic E-state index is 11.1. The second-order valence-electron chi connectivity index (χ2n) is 2.84. The number of nitrogens with two attached hydrogens (primary N) is 1. The van der Waals surface area contributed by atoms with Crippen molar-refractivity contribution >= 4 is 6.03 Å². The van der Waals surface area contributed by atoms with Crippen LogP contribution in [0.1, 0.15) is 6.92 Å². The van der Waals surface area contributed by atoms with E-state index < -0.39 is 0 Å². The molecule has 1 aliphatic rings. The van der Waals surface area contributed by atoms with Gasteiger partial charge in [0.25, 0.3) is 0 Å². The molecule has 4 heteroatoms. The van der Waals surface area contributed by atoms with E-state index in [0.29, 0.717) is 19.0 Å². The van der Waals surface area contributed by atoms with E-state index in [1.165, 1.54) is 0 Å². The molecule has 1 aliphatic heterocycles. The first kappa shape index (κ1) is 8.33. The van der Waals surface area contributed by atoms with Gasteiger partial charge in [-0.25, -0.2) is 4.79 Å². The van der Waals surface area contributed by atoms with Gasteiger partial charge in [-0.05, 0) is 13.5 Å². The molecule has 1 saturated heterocycles. The smallest absolute Gasteiger partial charge is 0.317 e. The molecule has 1 fully saturated rings. The van der Waals surface area contributed by atoms with Crippen LogP contribution in [-0.2, 0) is 0 Å². The van der Waals surface area contributed by atoms with Gasteiger partial charge in [-0.3, -0.25) is 0 Å². The number of likely N-dealkylation sites (tertiary alicyclic amines) is 1. The van der Waals surface area contributed by atoms with Crippen LogP contribution in [0, 0.1) is 5.92 Å². The Morgan fingerprint density at radius 2 is 2.36 bits per heavy atom. The van der Waals surface area contributed by atoms with Gasteiger partial charge < -0.3 is 16.0 Å². The Bertz CT molecular complexity index is 143. The summed E-state index contributed by atoms with van der Waals surface area (Å²) < 4.78 is 0. The van der Waals surface area contributed by atoms with Gasteiger partial charge >= 0.3 is 6.03 Å². The Balaban J connectivity index is 2.16. The molecule has 2 amide bonds. The third-order valence-electron chi connectivity index (χ3n) is 1.91. The molecular weight excluding hydrogens is 142 g/mol. The van der Waals surface area contributed by atoms with Gasteiger partial charge in [0.05, 0.1) is 0 Å². The lowest BCUT2D eigenvalue weighted by atomic mass is 10.0. The van der Waals surface area contributed by atoms with Crippen molar-refractivity contribution in [3.8, 4) is 0 Å². The van der Waals surface area contributed by atoms with E-state index in [2.05, 4.69) is 5.32 Å². The molecular formula is C7H15N3O. The van der Waals surface area contributed by atoms with E-state index in [1.807, 2.05) is 6.92 Å². The van der Waals surface area contributed by atoms with Crippen molar-refractivity contribution in [3.05, 3.63) is 0 Å². The number of rotatable bonds is 2. The fourth-order valence-electron chi connectivity index (χ4n) is 1.15. The molecule has 0 unspecified atom stereocenters. The lowest BCUT2D eigenvalue weighted by Crippen LogP contribution is -2.55. The summed E-state index contributed by atoms with van der Waals surface area (Å²) in [6.07, 6.45) is 0. The van der Waals surface area contributed by atoms with E-state index in [0.717, 1.165) is 13.1 Å². The first-order chi connectivity index (χ1) is 5.27. The maximum atomic E-state index is 11.1. The highest BCUT2D eigenvalue weighted by Crippen LogP contribution is 2.12. The minimum Gasteiger partial charge on any atom is -0.338 e. The monoisotopic (exact) mass is 157 g/mol. The van der Waals surface area contributed by atoms with Crippen molar-refractivity contribution in [3.63, 3.8) is 0 Å². The summed E-state index contributed by atoms with van der Waals surface area (Å²) in [4.78, 5) is 12.8. The Morgan fingerprint density at radius 3 is 2.82 bits per heavy atom. The summed E-state index contributed by atoms with van der Waals surface area (Å²) in [6.45, 7) is 4.95. The lowest BCUT2D eigenvalue weighted by molar-refractivity contribution is 0.125. The van der Waals surface area contributed by atoms with E-state index in [1.54, 1.807) is 4.90 Å². The van der Waals surface area contributed by atoms with Crippen LogP contribution in [0.25, 0.3) is 0 Å². The third-order valence-corrected chi connectivity index (χ3v) is 1.91. The molecule has 0 bridgehead atoms. The largest absolute Gasteiger partial charge is 0.338 e. The zero-order valence-corrected chi connectivity index (χ0v) is 6.84. The number of carbonyl (C=O) groups excluding carboxylic acids is 1. The second kappa shape index (κ2) is 3.57. The average molecular weight is 157 g/mol. The molecule has 4 nitrogen and oxygen atoms in total. The van der Waals surface area contributed by atoms with Crippen molar-refractivity contribution in [2.45, 2.75) is 6.92 Å². The summed E-state index contributed by atoms with van der Waals surface area (Å²) >= 11 is 0. The summed E-state index contributed by atoms with van der Waals surface area (Å²) in [5.41, 5.74) is 5.41. The fourth-order valence-corrected chi connectivity index (χ4v) is 1.15. The number of amides is 2. The SMILES string of the molecule is CCNC(=O)N1CC(CN)C1. The standard InChI is InChI=1S/C7H15N3O/c1-2-9-7(11)10-4-6(3-8)5-10/h6H,2-5,8H2,1H3,(H,9,11). The van der Waals surface area contributed by atoms with Crippen molar-refractivity contribution in [1.82, 2.24) is 10.2 Å². The van der Waals surface area contributed by atoms with Crippen LogP contribution in [0.3, 0.4) is 0 Å². The van der Waals surface area contributed by atoms with Gasteiger partial charge in [-0.2, -0.15) is 0 Å². The van der Waals surface area contributed by atoms with Crippen LogP contribution in [0.15, 0.2) is 0 Å². The topological polar surface area (TPSA) is 58.4 Å². The average Bonchev–Trinajstić information content (AvgIpc) is 1.86. The first-order valence-electron chi connectivity index (χ1n) is 4.00. The molecule has 0 aromatic rings. The number of nitrogens with zero attached hydrogens (tertiary/aromatic N) is 1. The van der Waals surface area contributed by atoms with E-state index in [9.17, 15) is 4.79 Å². The molecule has 0 saturated carbocycles. The Morgan fingerprint density at radius 1 is 1.73 bits per heavy atom. The predicted molar refractivity (Wildman–Crippen MR) is 43.2 cm³/mol. The molecule has 11 heavy (non-hydrogen) atoms. The lowest BCUT2D eigenvalue weighted by Gasteiger charge is -2.38. The summed E-state index contributed by atoms with van der Waals surface area (Å²) in [5.74, 6) is 0.526. The molecule has 0 spiro atoms. The fraction of sp³-hybridized carbons (Fsp3) is 0.857. The summed E-state index contributed by atoms with van der Waals surface area (Å²) in [5, 5.41) is 2.74. The van der Waals surface area contributed by atoms with Gasteiger partial charge in [0.1, 0.15) is 0 Å². The quantitative estimate of drug-likeness (QED) is 0.573. The van der Waals surface area contributed by atoms with E-state index >= 15 is 0 Å². The molecule has 0 aromatic carbocycles. The zero-order chi connectivity index (χ0) is 8.27. The highest BCUT2D eigenvalue weighted by Gasteiger charge is 2.28. The number of hydrogen-bond donors (Lipinski definition) is 2. The normalized spacial score (nSPS) is 17.8. The maximum Gasteiger partial charge on any atom is 0.317 e. The van der Waals surface area contributed by atoms with Gasteiger partial charge in [-0.15, -0.1) is 0 Å². The van der Waals surface area contributed by atoms with Crippen molar-refractivity contribution in [2.24, 2.45) is 11.7 Å². The van der Waals surface area contributed by atoms with Gasteiger partial charge in [0, 0.05) is 25.6 Å². The highest BCUT2D eigenvalue weighted by molar-refractivity contribution is 5.74. The number of carbonyl (C=O) groups is 1. The Kier molecular flexibility index (Phi) is 2.70. The van der Waals surface area contributed by atoms with Crippen molar-refractivity contribution < 1.29 is 4.79 Å². The first-order valence-corrected chi connectivity index (χ1v) is 4.00. The predicted octanol–water partition coefficient (Wildman–Crippen LogP) is -0.394. The third kappa shape index (κ3) is 1.83. The molecule has 64 valence electrons. The van der Waals surface area contributed by atoms with Crippen LogP contribution < -0.4 is 11.1 Å². The molecule has 0 aliphatic carbocycles. The van der Waals surface area contributed by atoms with Crippen molar-refractivity contribution in [1.29, 1.82) is 0 Å². The van der Waals surface area contributed by atoms with Crippen LogP contribution in [0.5, 0.6) is 0 Å². The molecule has 0 radical (unpaired) electrons. The highest BCUT2D eigenvalue weighted by atomic mass is 16.2. The molecule has 0 atom stereocenters. The zero-order valence-electron chi connectivity index (χ0n) is 6.84. The summed E-state index contributed by atoms with van der Waals surface area (Å²) in [6, 6.07) is 0.0391. The van der Waals surface area contributed by atoms with E-state index in [-0.39, 0.29) is 6.03 Å². The van der Waals surface area contributed by atoms with E-state index in [4.69, 9.17) is 5.73 Å². The van der Waals surface area contributed by atoms with Gasteiger partial charge in [0.15, 0.2) is 0 Å². The minimum absolute atomic E-state index is 0.0391. The van der Waals surface area contributed by atoms with Gasteiger partial charge in [0.2, 0.25) is 0 Å². The second-order valence-corrected chi connectivity index (χ2v) is 2.84. The van der Waals surface area contributed by atoms with Crippen LogP contribution in [0.4, 0.5) is 4.79 Å². The van der Waals surface area contributed by atoms with Crippen LogP contribution in [0.2, 0.25) is 0 Å². The number of urea groups is 1. The number of hydrogen-bond acceptors (Lipinski definition) is 2. The Labute approximate surface area is 66.7 Å². The minimum atomic E-state index is 0.0391. The van der Waals surface area contributed by atoms with Crippen LogP contribution in [-0.4, -0.2) is 37.1 Å². The molecule has 0 aromatic heterocycles. The van der Waals surface area contributed by atoms with Gasteiger partial charge in [-0.1, -0.05) is 0 Å². The molecule has 3 N–H and O–H groups in total. The molecule has 1 heterocycles. The molecule has 1 rings (SSSR count). The van der Waals surface area contributed by atoms with Crippen LogP contribution >= 0.6 is 0 Å². The number of nitrogens with one attached hydrogen (secondary N) is 1. The van der Waals surface area contributed by atoms with Crippen molar-refractivity contribution in [2.75, 3.05) is 26.2 Å². The Hall–Kier alpha value is -0.770. The summed E-state index contributed by atoms with van der Waals surface area (Å²) in [7, 11) is 0.